The van der Waals surface area contributed by atoms with Crippen molar-refractivity contribution in [3.8, 4) is 5.69 Å². The Labute approximate surface area is 122 Å². The van der Waals surface area contributed by atoms with Gasteiger partial charge in [0.25, 0.3) is 0 Å². The van der Waals surface area contributed by atoms with Crippen LogP contribution in [0.25, 0.3) is 11.8 Å². The number of carbonyl (C=O) groups is 1. The molecule has 2 aromatic heterocycles. The van der Waals surface area contributed by atoms with Gasteiger partial charge in [-0.05, 0) is 24.3 Å². The standard InChI is InChI=1S/C16H14N4O/c1-19-12-14(10-17-19)16(21)8-7-13-9-18-20(11-13)15-5-3-2-4-6-15/h2-12H,1H3/b8-7+. The van der Waals surface area contributed by atoms with Gasteiger partial charge in [-0.15, -0.1) is 0 Å². The fourth-order valence-corrected chi connectivity index (χ4v) is 1.96. The van der Waals surface area contributed by atoms with Crippen LogP contribution in [-0.4, -0.2) is 25.3 Å². The van der Waals surface area contributed by atoms with Crippen molar-refractivity contribution in [2.45, 2.75) is 0 Å². The van der Waals surface area contributed by atoms with Gasteiger partial charge in [-0.1, -0.05) is 18.2 Å². The third-order valence-electron chi connectivity index (χ3n) is 3.04. The van der Waals surface area contributed by atoms with Crippen LogP contribution in [0.2, 0.25) is 0 Å². The van der Waals surface area contributed by atoms with Crippen LogP contribution in [0, 0.1) is 0 Å². The summed E-state index contributed by atoms with van der Waals surface area (Å²) >= 11 is 0. The van der Waals surface area contributed by atoms with Crippen molar-refractivity contribution < 1.29 is 4.79 Å². The highest BCUT2D eigenvalue weighted by atomic mass is 16.1. The van der Waals surface area contributed by atoms with Crippen molar-refractivity contribution >= 4 is 11.9 Å². The normalized spacial score (nSPS) is 11.1. The number of aryl methyl sites for hydroxylation is 1. The molecule has 0 saturated heterocycles. The first-order chi connectivity index (χ1) is 10.2. The minimum absolute atomic E-state index is 0.0736. The van der Waals surface area contributed by atoms with Crippen LogP contribution in [-0.2, 0) is 7.05 Å². The van der Waals surface area contributed by atoms with Crippen LogP contribution in [0.5, 0.6) is 0 Å². The molecule has 5 nitrogen and oxygen atoms in total. The molecule has 0 bridgehead atoms. The maximum absolute atomic E-state index is 11.9. The second-order valence-electron chi connectivity index (χ2n) is 4.65. The molecule has 0 unspecified atom stereocenters. The number of allylic oxidation sites excluding steroid dienone is 1. The van der Waals surface area contributed by atoms with Crippen LogP contribution in [0.15, 0.2) is 61.2 Å². The third-order valence-corrected chi connectivity index (χ3v) is 3.04. The number of hydrogen-bond acceptors (Lipinski definition) is 3. The zero-order chi connectivity index (χ0) is 14.7. The predicted octanol–water partition coefficient (Wildman–Crippen LogP) is 2.50. The molecule has 0 aliphatic rings. The zero-order valence-corrected chi connectivity index (χ0v) is 11.5. The lowest BCUT2D eigenvalue weighted by molar-refractivity contribution is 0.104. The minimum atomic E-state index is -0.0736. The van der Waals surface area contributed by atoms with Crippen LogP contribution < -0.4 is 0 Å². The lowest BCUT2D eigenvalue weighted by Gasteiger charge is -1.98. The monoisotopic (exact) mass is 278 g/mol. The second kappa shape index (κ2) is 5.58. The number of aromatic nitrogens is 4. The average molecular weight is 278 g/mol. The van der Waals surface area contributed by atoms with E-state index in [-0.39, 0.29) is 5.78 Å². The zero-order valence-electron chi connectivity index (χ0n) is 11.5. The number of nitrogens with zero attached hydrogens (tertiary/aromatic N) is 4. The first-order valence-electron chi connectivity index (χ1n) is 6.53. The van der Waals surface area contributed by atoms with Crippen molar-refractivity contribution in [1.82, 2.24) is 19.6 Å². The van der Waals surface area contributed by atoms with Crippen LogP contribution in [0.3, 0.4) is 0 Å². The largest absolute Gasteiger partial charge is 0.289 e. The molecule has 0 amide bonds. The van der Waals surface area contributed by atoms with E-state index in [9.17, 15) is 4.79 Å². The van der Waals surface area contributed by atoms with Crippen molar-refractivity contribution in [3.05, 3.63) is 72.3 Å². The summed E-state index contributed by atoms with van der Waals surface area (Å²) in [5, 5.41) is 8.26. The number of hydrogen-bond donors (Lipinski definition) is 0. The van der Waals surface area contributed by atoms with Gasteiger partial charge in [0, 0.05) is 25.0 Å². The van der Waals surface area contributed by atoms with Crippen LogP contribution >= 0.6 is 0 Å². The van der Waals surface area contributed by atoms with Gasteiger partial charge in [0.2, 0.25) is 0 Å². The molecule has 0 radical (unpaired) electrons. The summed E-state index contributed by atoms with van der Waals surface area (Å²) in [7, 11) is 1.78. The summed E-state index contributed by atoms with van der Waals surface area (Å²) < 4.78 is 3.38. The van der Waals surface area contributed by atoms with Gasteiger partial charge in [0.15, 0.2) is 5.78 Å². The summed E-state index contributed by atoms with van der Waals surface area (Å²) in [5.41, 5.74) is 2.43. The van der Waals surface area contributed by atoms with E-state index < -0.39 is 0 Å². The van der Waals surface area contributed by atoms with E-state index in [4.69, 9.17) is 0 Å². The quantitative estimate of drug-likeness (QED) is 0.544. The Morgan fingerprint density at radius 1 is 1.10 bits per heavy atom. The molecule has 1 aromatic carbocycles. The van der Waals surface area contributed by atoms with Crippen molar-refractivity contribution in [3.63, 3.8) is 0 Å². The average Bonchev–Trinajstić information content (AvgIpc) is 3.15. The van der Waals surface area contributed by atoms with E-state index in [1.807, 2.05) is 36.5 Å². The molecule has 5 heteroatoms. The molecular formula is C16H14N4O. The molecule has 3 aromatic rings. The maximum atomic E-state index is 11.9. The van der Waals surface area contributed by atoms with Crippen LogP contribution in [0.4, 0.5) is 0 Å². The van der Waals surface area contributed by atoms with Crippen LogP contribution in [0.1, 0.15) is 15.9 Å². The van der Waals surface area contributed by atoms with E-state index >= 15 is 0 Å². The van der Waals surface area contributed by atoms with Crippen molar-refractivity contribution in [1.29, 1.82) is 0 Å². The van der Waals surface area contributed by atoms with Gasteiger partial charge in [0.1, 0.15) is 0 Å². The smallest absolute Gasteiger partial charge is 0.189 e. The Morgan fingerprint density at radius 3 is 2.62 bits per heavy atom. The number of benzene rings is 1. The van der Waals surface area contributed by atoms with E-state index in [1.54, 1.807) is 41.1 Å². The molecule has 0 atom stereocenters. The Morgan fingerprint density at radius 2 is 1.90 bits per heavy atom. The van der Waals surface area contributed by atoms with Gasteiger partial charge in [-0.25, -0.2) is 4.68 Å². The Bertz CT molecular complexity index is 783. The van der Waals surface area contributed by atoms with E-state index in [1.165, 1.54) is 6.08 Å². The fourth-order valence-electron chi connectivity index (χ4n) is 1.96. The summed E-state index contributed by atoms with van der Waals surface area (Å²) in [6, 6.07) is 9.82. The summed E-state index contributed by atoms with van der Waals surface area (Å²) in [6.07, 6.45) is 10.1. The van der Waals surface area contributed by atoms with Gasteiger partial charge in [0.05, 0.1) is 23.6 Å². The topological polar surface area (TPSA) is 52.7 Å². The molecule has 0 fully saturated rings. The van der Waals surface area contributed by atoms with Gasteiger partial charge in [-0.2, -0.15) is 10.2 Å². The lowest BCUT2D eigenvalue weighted by atomic mass is 10.2. The second-order valence-corrected chi connectivity index (χ2v) is 4.65. The van der Waals surface area contributed by atoms with Crippen molar-refractivity contribution in [2.24, 2.45) is 7.05 Å². The van der Waals surface area contributed by atoms with Gasteiger partial charge < -0.3 is 0 Å². The van der Waals surface area contributed by atoms with Gasteiger partial charge in [-0.3, -0.25) is 9.48 Å². The molecule has 0 aliphatic heterocycles. The summed E-state index contributed by atoms with van der Waals surface area (Å²) in [4.78, 5) is 11.9. The van der Waals surface area contributed by atoms with E-state index in [0.717, 1.165) is 11.3 Å². The highest BCUT2D eigenvalue weighted by Crippen LogP contribution is 2.09. The Kier molecular flexibility index (Phi) is 3.47. The highest BCUT2D eigenvalue weighted by Gasteiger charge is 2.04. The third kappa shape index (κ3) is 2.97. The van der Waals surface area contributed by atoms with Gasteiger partial charge >= 0.3 is 0 Å². The van der Waals surface area contributed by atoms with E-state index in [0.29, 0.717) is 5.56 Å². The molecule has 0 aliphatic carbocycles. The molecule has 0 spiro atoms. The highest BCUT2D eigenvalue weighted by molar-refractivity contribution is 6.06. The number of rotatable bonds is 4. The minimum Gasteiger partial charge on any atom is -0.289 e. The predicted molar refractivity (Wildman–Crippen MR) is 80.1 cm³/mol. The Hall–Kier alpha value is -2.95. The molecule has 2 heterocycles. The Balaban J connectivity index is 1.75. The summed E-state index contributed by atoms with van der Waals surface area (Å²) in [5.74, 6) is -0.0736. The number of para-hydroxylation sites is 1. The fraction of sp³-hybridized carbons (Fsp3) is 0.0625. The molecule has 21 heavy (non-hydrogen) atoms. The van der Waals surface area contributed by atoms with Crippen molar-refractivity contribution in [2.75, 3.05) is 0 Å². The summed E-state index contributed by atoms with van der Waals surface area (Å²) in [6.45, 7) is 0. The SMILES string of the molecule is Cn1cc(C(=O)/C=C/c2cnn(-c3ccccc3)c2)cn1. The maximum Gasteiger partial charge on any atom is 0.189 e. The number of carbonyl (C=O) groups excluding carboxylic acids is 1. The molecule has 104 valence electrons. The van der Waals surface area contributed by atoms with E-state index in [2.05, 4.69) is 10.2 Å². The molecule has 3 rings (SSSR count). The molecule has 0 saturated carbocycles. The molecular weight excluding hydrogens is 264 g/mol. The molecule has 0 N–H and O–H groups in total. The number of ketones is 1. The first-order valence-corrected chi connectivity index (χ1v) is 6.53. The first kappa shape index (κ1) is 13.1. The lowest BCUT2D eigenvalue weighted by Crippen LogP contribution is -1.92.